The highest BCUT2D eigenvalue weighted by atomic mass is 32.2. The van der Waals surface area contributed by atoms with Crippen LogP contribution in [0.25, 0.3) is 11.7 Å². The predicted octanol–water partition coefficient (Wildman–Crippen LogP) is 2.32. The molecule has 0 spiro atoms. The fourth-order valence-corrected chi connectivity index (χ4v) is 4.16. The summed E-state index contributed by atoms with van der Waals surface area (Å²) in [4.78, 5) is 15.7. The maximum Gasteiger partial charge on any atom is 0.330 e. The fraction of sp³-hybridized carbons (Fsp3) is 0.238. The van der Waals surface area contributed by atoms with Crippen molar-refractivity contribution in [3.05, 3.63) is 59.6 Å². The number of carbonyl (C=O) groups is 1. The van der Waals surface area contributed by atoms with Crippen LogP contribution in [0.15, 0.2) is 47.6 Å². The van der Waals surface area contributed by atoms with E-state index in [1.165, 1.54) is 39.5 Å². The van der Waals surface area contributed by atoms with Crippen molar-refractivity contribution in [2.45, 2.75) is 18.4 Å². The molecule has 0 radical (unpaired) electrons. The average molecular weight is 445 g/mol. The topological polar surface area (TPSA) is 108 Å². The number of benzene rings is 1. The predicted molar refractivity (Wildman–Crippen MR) is 115 cm³/mol. The Labute approximate surface area is 180 Å². The Morgan fingerprint density at radius 3 is 2.65 bits per heavy atom. The molecule has 0 atom stereocenters. The standard InChI is InChI=1S/C21H23N3O6S/c1-14-7-8-24-13-16(23-19(24)9-14)12-22-31(26,27)18-11-15(5-6-20(25)29-3)10-17(28-2)21(18)30-4/h5-11,13,22H,12H2,1-4H3/b6-5+. The molecule has 0 aliphatic carbocycles. The van der Waals surface area contributed by atoms with E-state index in [2.05, 4.69) is 14.4 Å². The van der Waals surface area contributed by atoms with Crippen LogP contribution in [0.2, 0.25) is 0 Å². The van der Waals surface area contributed by atoms with Gasteiger partial charge in [-0.2, -0.15) is 0 Å². The molecule has 164 valence electrons. The van der Waals surface area contributed by atoms with Gasteiger partial charge in [-0.1, -0.05) is 0 Å². The van der Waals surface area contributed by atoms with Crippen molar-refractivity contribution < 1.29 is 27.4 Å². The highest BCUT2D eigenvalue weighted by Gasteiger charge is 2.24. The lowest BCUT2D eigenvalue weighted by Gasteiger charge is -2.14. The van der Waals surface area contributed by atoms with Gasteiger partial charge in [-0.3, -0.25) is 0 Å². The number of sulfonamides is 1. The van der Waals surface area contributed by atoms with Crippen LogP contribution in [0, 0.1) is 6.92 Å². The Morgan fingerprint density at radius 2 is 1.97 bits per heavy atom. The van der Waals surface area contributed by atoms with Crippen LogP contribution in [0.5, 0.6) is 11.5 Å². The zero-order valence-electron chi connectivity index (χ0n) is 17.6. The number of hydrogen-bond donors (Lipinski definition) is 1. The molecule has 0 bridgehead atoms. The van der Waals surface area contributed by atoms with E-state index < -0.39 is 16.0 Å². The minimum absolute atomic E-state index is 0.0171. The van der Waals surface area contributed by atoms with E-state index >= 15 is 0 Å². The first-order valence-electron chi connectivity index (χ1n) is 9.23. The molecular weight excluding hydrogens is 422 g/mol. The van der Waals surface area contributed by atoms with Gasteiger partial charge in [0, 0.05) is 18.5 Å². The largest absolute Gasteiger partial charge is 0.493 e. The van der Waals surface area contributed by atoms with Crippen molar-refractivity contribution >= 4 is 27.7 Å². The normalized spacial score (nSPS) is 11.7. The molecular formula is C21H23N3O6S. The van der Waals surface area contributed by atoms with E-state index in [1.807, 2.05) is 29.7 Å². The minimum atomic E-state index is -4.00. The van der Waals surface area contributed by atoms with Crippen LogP contribution in [0.4, 0.5) is 0 Å². The first-order valence-corrected chi connectivity index (χ1v) is 10.7. The molecule has 0 amide bonds. The van der Waals surface area contributed by atoms with Gasteiger partial charge in [-0.25, -0.2) is 22.9 Å². The third-order valence-electron chi connectivity index (χ3n) is 4.48. The zero-order valence-corrected chi connectivity index (χ0v) is 18.4. The van der Waals surface area contributed by atoms with E-state index in [4.69, 9.17) is 9.47 Å². The smallest absolute Gasteiger partial charge is 0.330 e. The Morgan fingerprint density at radius 1 is 1.19 bits per heavy atom. The number of aryl methyl sites for hydroxylation is 1. The molecule has 1 aromatic carbocycles. The van der Waals surface area contributed by atoms with Gasteiger partial charge in [0.05, 0.1) is 33.6 Å². The van der Waals surface area contributed by atoms with Crippen LogP contribution in [0.1, 0.15) is 16.8 Å². The van der Waals surface area contributed by atoms with Crippen LogP contribution < -0.4 is 14.2 Å². The number of aromatic nitrogens is 2. The summed E-state index contributed by atoms with van der Waals surface area (Å²) in [5, 5.41) is 0. The van der Waals surface area contributed by atoms with E-state index in [-0.39, 0.29) is 22.9 Å². The molecule has 0 saturated heterocycles. The zero-order chi connectivity index (χ0) is 22.6. The lowest BCUT2D eigenvalue weighted by atomic mass is 10.2. The van der Waals surface area contributed by atoms with Gasteiger partial charge in [-0.05, 0) is 48.4 Å². The average Bonchev–Trinajstić information content (AvgIpc) is 3.17. The van der Waals surface area contributed by atoms with Gasteiger partial charge in [0.2, 0.25) is 10.0 Å². The maximum absolute atomic E-state index is 13.1. The SMILES string of the molecule is COC(=O)/C=C/c1cc(OC)c(OC)c(S(=O)(=O)NCc2cn3ccc(C)cc3n2)c1. The molecule has 2 heterocycles. The van der Waals surface area contributed by atoms with Gasteiger partial charge >= 0.3 is 5.97 Å². The molecule has 1 N–H and O–H groups in total. The number of fused-ring (bicyclic) bond motifs is 1. The molecule has 31 heavy (non-hydrogen) atoms. The number of esters is 1. The van der Waals surface area contributed by atoms with Crippen LogP contribution in [-0.2, 0) is 26.1 Å². The number of methoxy groups -OCH3 is 3. The number of nitrogens with zero attached hydrogens (tertiary/aromatic N) is 2. The summed E-state index contributed by atoms with van der Waals surface area (Å²) < 4.78 is 45.6. The van der Waals surface area contributed by atoms with E-state index in [0.29, 0.717) is 11.3 Å². The van der Waals surface area contributed by atoms with Crippen molar-refractivity contribution in [2.75, 3.05) is 21.3 Å². The summed E-state index contributed by atoms with van der Waals surface area (Å²) in [5.74, 6) is -0.312. The number of carbonyl (C=O) groups excluding carboxylic acids is 1. The molecule has 0 saturated carbocycles. The van der Waals surface area contributed by atoms with Crippen molar-refractivity contribution in [3.8, 4) is 11.5 Å². The van der Waals surface area contributed by atoms with Crippen molar-refractivity contribution in [1.29, 1.82) is 0 Å². The Balaban J connectivity index is 1.93. The summed E-state index contributed by atoms with van der Waals surface area (Å²) in [6, 6.07) is 6.79. The van der Waals surface area contributed by atoms with Crippen molar-refractivity contribution in [1.82, 2.24) is 14.1 Å². The Bertz CT molecular complexity index is 1250. The Hall–Kier alpha value is -3.37. The second-order valence-corrected chi connectivity index (χ2v) is 8.37. The van der Waals surface area contributed by atoms with E-state index in [9.17, 15) is 13.2 Å². The van der Waals surface area contributed by atoms with Crippen LogP contribution >= 0.6 is 0 Å². The third kappa shape index (κ3) is 5.04. The third-order valence-corrected chi connectivity index (χ3v) is 5.89. The maximum atomic E-state index is 13.1. The number of nitrogens with one attached hydrogen (secondary N) is 1. The summed E-state index contributed by atoms with van der Waals surface area (Å²) in [5.41, 5.74) is 2.76. The molecule has 9 nitrogen and oxygen atoms in total. The number of hydrogen-bond acceptors (Lipinski definition) is 7. The quantitative estimate of drug-likeness (QED) is 0.419. The van der Waals surface area contributed by atoms with Crippen LogP contribution in [0.3, 0.4) is 0 Å². The van der Waals surface area contributed by atoms with E-state index in [0.717, 1.165) is 11.2 Å². The molecule has 0 fully saturated rings. The molecule has 2 aromatic heterocycles. The monoisotopic (exact) mass is 445 g/mol. The van der Waals surface area contributed by atoms with Gasteiger partial charge in [-0.15, -0.1) is 0 Å². The van der Waals surface area contributed by atoms with Crippen molar-refractivity contribution in [3.63, 3.8) is 0 Å². The number of imidazole rings is 1. The molecule has 10 heteroatoms. The summed E-state index contributed by atoms with van der Waals surface area (Å²) in [6.07, 6.45) is 6.23. The summed E-state index contributed by atoms with van der Waals surface area (Å²) >= 11 is 0. The van der Waals surface area contributed by atoms with Gasteiger partial charge in [0.25, 0.3) is 0 Å². The first kappa shape index (κ1) is 22.3. The molecule has 0 aliphatic rings. The lowest BCUT2D eigenvalue weighted by Crippen LogP contribution is -2.24. The van der Waals surface area contributed by atoms with Crippen molar-refractivity contribution in [2.24, 2.45) is 0 Å². The molecule has 3 aromatic rings. The Kier molecular flexibility index (Phi) is 6.62. The number of ether oxygens (including phenoxy) is 3. The fourth-order valence-electron chi connectivity index (χ4n) is 2.95. The highest BCUT2D eigenvalue weighted by Crippen LogP contribution is 2.36. The molecule has 3 rings (SSSR count). The van der Waals surface area contributed by atoms with Crippen LogP contribution in [-0.4, -0.2) is 45.1 Å². The van der Waals surface area contributed by atoms with Gasteiger partial charge < -0.3 is 18.6 Å². The number of rotatable bonds is 8. The van der Waals surface area contributed by atoms with E-state index in [1.54, 1.807) is 12.3 Å². The highest BCUT2D eigenvalue weighted by molar-refractivity contribution is 7.89. The van der Waals surface area contributed by atoms with Gasteiger partial charge in [0.15, 0.2) is 11.5 Å². The first-order chi connectivity index (χ1) is 14.8. The molecule has 0 aliphatic heterocycles. The summed E-state index contributed by atoms with van der Waals surface area (Å²) in [6.45, 7) is 1.94. The lowest BCUT2D eigenvalue weighted by molar-refractivity contribution is -0.134. The second kappa shape index (κ2) is 9.19. The molecule has 0 unspecified atom stereocenters. The number of pyridine rings is 1. The summed E-state index contributed by atoms with van der Waals surface area (Å²) in [7, 11) is 0.000755. The minimum Gasteiger partial charge on any atom is -0.493 e. The second-order valence-electron chi connectivity index (χ2n) is 6.64. The van der Waals surface area contributed by atoms with Gasteiger partial charge in [0.1, 0.15) is 10.5 Å².